The molecule has 0 aromatic carbocycles. The fraction of sp³-hybridized carbons (Fsp3) is 0.857. The maximum atomic E-state index is 10.6. The summed E-state index contributed by atoms with van der Waals surface area (Å²) in [5.41, 5.74) is 0. The fourth-order valence-electron chi connectivity index (χ4n) is 0.541. The zero-order chi connectivity index (χ0) is 7.98. The number of hydrogen-bond acceptors (Lipinski definition) is 4. The van der Waals surface area contributed by atoms with Crippen LogP contribution in [0.5, 0.6) is 0 Å². The molecule has 0 radical (unpaired) electrons. The van der Waals surface area contributed by atoms with E-state index in [1.54, 1.807) is 7.11 Å². The van der Waals surface area contributed by atoms with Crippen LogP contribution in [0.1, 0.15) is 19.8 Å². The summed E-state index contributed by atoms with van der Waals surface area (Å²) in [7, 11) is 3.02. The maximum absolute atomic E-state index is 10.6. The molecule has 3 N–H and O–H groups in total. The van der Waals surface area contributed by atoms with E-state index in [2.05, 4.69) is 4.74 Å². The first-order valence-corrected chi connectivity index (χ1v) is 3.30. The standard InChI is InChI=1S/C7H14O3.H3N/c1-6(9-2)4-5-7(8)10-3;/h6H,4-5H2,1-3H3;1H3. The van der Waals surface area contributed by atoms with Crippen LogP contribution in [0.15, 0.2) is 0 Å². The topological polar surface area (TPSA) is 70.5 Å². The van der Waals surface area contributed by atoms with Gasteiger partial charge < -0.3 is 15.6 Å². The lowest BCUT2D eigenvalue weighted by atomic mass is 10.2. The van der Waals surface area contributed by atoms with Crippen LogP contribution in [-0.4, -0.2) is 26.3 Å². The van der Waals surface area contributed by atoms with Gasteiger partial charge in [0, 0.05) is 13.5 Å². The summed E-state index contributed by atoms with van der Waals surface area (Å²) in [5.74, 6) is -0.177. The van der Waals surface area contributed by atoms with Crippen LogP contribution in [0.4, 0.5) is 0 Å². The number of carbonyl (C=O) groups excluding carboxylic acids is 1. The summed E-state index contributed by atoms with van der Waals surface area (Å²) in [6, 6.07) is 0. The van der Waals surface area contributed by atoms with Crippen molar-refractivity contribution >= 4 is 5.97 Å². The predicted molar refractivity (Wildman–Crippen MR) is 42.7 cm³/mol. The lowest BCUT2D eigenvalue weighted by Gasteiger charge is -2.06. The molecule has 0 saturated heterocycles. The number of hydrogen-bond donors (Lipinski definition) is 1. The van der Waals surface area contributed by atoms with Crippen LogP contribution >= 0.6 is 0 Å². The number of esters is 1. The summed E-state index contributed by atoms with van der Waals surface area (Å²) < 4.78 is 9.39. The molecule has 0 fully saturated rings. The molecular formula is C7H17NO3. The van der Waals surface area contributed by atoms with Gasteiger partial charge >= 0.3 is 5.97 Å². The van der Waals surface area contributed by atoms with Gasteiger partial charge in [-0.1, -0.05) is 0 Å². The molecule has 1 atom stereocenters. The molecule has 0 amide bonds. The smallest absolute Gasteiger partial charge is 0.305 e. The first-order chi connectivity index (χ1) is 4.70. The highest BCUT2D eigenvalue weighted by molar-refractivity contribution is 5.69. The van der Waals surface area contributed by atoms with E-state index < -0.39 is 0 Å². The average Bonchev–Trinajstić information content (AvgIpc) is 1.99. The Kier molecular flexibility index (Phi) is 8.87. The lowest BCUT2D eigenvalue weighted by Crippen LogP contribution is -2.09. The van der Waals surface area contributed by atoms with Crippen LogP contribution in [0.3, 0.4) is 0 Å². The second-order valence-corrected chi connectivity index (χ2v) is 2.16. The summed E-state index contributed by atoms with van der Waals surface area (Å²) in [6.45, 7) is 1.92. The van der Waals surface area contributed by atoms with E-state index in [4.69, 9.17) is 4.74 Å². The van der Waals surface area contributed by atoms with Crippen molar-refractivity contribution in [1.29, 1.82) is 0 Å². The second kappa shape index (κ2) is 7.50. The Morgan fingerprint density at radius 2 is 2.00 bits per heavy atom. The van der Waals surface area contributed by atoms with Crippen LogP contribution < -0.4 is 6.15 Å². The van der Waals surface area contributed by atoms with E-state index >= 15 is 0 Å². The summed E-state index contributed by atoms with van der Waals surface area (Å²) in [4.78, 5) is 10.6. The van der Waals surface area contributed by atoms with Crippen LogP contribution in [-0.2, 0) is 14.3 Å². The Labute approximate surface area is 67.5 Å². The molecule has 4 heteroatoms. The summed E-state index contributed by atoms with van der Waals surface area (Å²) in [5, 5.41) is 0. The normalized spacial score (nSPS) is 11.5. The molecule has 0 aliphatic heterocycles. The molecule has 0 saturated carbocycles. The minimum atomic E-state index is -0.177. The molecule has 0 rings (SSSR count). The number of methoxy groups -OCH3 is 2. The van der Waals surface area contributed by atoms with Crippen molar-refractivity contribution < 1.29 is 14.3 Å². The van der Waals surface area contributed by atoms with Gasteiger partial charge in [-0.25, -0.2) is 0 Å². The molecule has 0 aromatic rings. The molecule has 0 spiro atoms. The van der Waals surface area contributed by atoms with Crippen molar-refractivity contribution in [3.63, 3.8) is 0 Å². The van der Waals surface area contributed by atoms with Crippen molar-refractivity contribution in [3.8, 4) is 0 Å². The van der Waals surface area contributed by atoms with Gasteiger partial charge in [-0.05, 0) is 13.3 Å². The van der Waals surface area contributed by atoms with Crippen LogP contribution in [0.2, 0.25) is 0 Å². The van der Waals surface area contributed by atoms with Gasteiger partial charge in [0.05, 0.1) is 13.2 Å². The SMILES string of the molecule is COC(=O)CCC(C)OC.N. The fourth-order valence-corrected chi connectivity index (χ4v) is 0.541. The number of rotatable bonds is 4. The Morgan fingerprint density at radius 3 is 2.36 bits per heavy atom. The van der Waals surface area contributed by atoms with Gasteiger partial charge in [0.2, 0.25) is 0 Å². The van der Waals surface area contributed by atoms with E-state index in [9.17, 15) is 4.79 Å². The van der Waals surface area contributed by atoms with E-state index in [1.165, 1.54) is 7.11 Å². The zero-order valence-electron chi connectivity index (χ0n) is 7.42. The number of carbonyl (C=O) groups is 1. The van der Waals surface area contributed by atoms with Gasteiger partial charge in [-0.2, -0.15) is 0 Å². The third-order valence-corrected chi connectivity index (χ3v) is 1.39. The summed E-state index contributed by atoms with van der Waals surface area (Å²) >= 11 is 0. The Balaban J connectivity index is 0. The van der Waals surface area contributed by atoms with Gasteiger partial charge in [-0.3, -0.25) is 4.79 Å². The van der Waals surface area contributed by atoms with Crippen LogP contribution in [0.25, 0.3) is 0 Å². The predicted octanol–water partition coefficient (Wildman–Crippen LogP) is 1.14. The molecule has 0 heterocycles. The largest absolute Gasteiger partial charge is 0.469 e. The third kappa shape index (κ3) is 7.29. The monoisotopic (exact) mass is 163 g/mol. The van der Waals surface area contributed by atoms with E-state index in [1.807, 2.05) is 6.92 Å². The lowest BCUT2D eigenvalue weighted by molar-refractivity contribution is -0.141. The average molecular weight is 163 g/mol. The highest BCUT2D eigenvalue weighted by atomic mass is 16.5. The molecule has 0 bridgehead atoms. The van der Waals surface area contributed by atoms with Crippen molar-refractivity contribution in [2.24, 2.45) is 0 Å². The molecule has 0 aliphatic carbocycles. The van der Waals surface area contributed by atoms with Gasteiger partial charge in [-0.15, -0.1) is 0 Å². The van der Waals surface area contributed by atoms with Gasteiger partial charge in [0.25, 0.3) is 0 Å². The minimum absolute atomic E-state index is 0. The van der Waals surface area contributed by atoms with E-state index in [0.717, 1.165) is 6.42 Å². The third-order valence-electron chi connectivity index (χ3n) is 1.39. The Morgan fingerprint density at radius 1 is 1.45 bits per heavy atom. The van der Waals surface area contributed by atoms with E-state index in [-0.39, 0.29) is 18.2 Å². The molecule has 4 nitrogen and oxygen atoms in total. The quantitative estimate of drug-likeness (QED) is 0.631. The van der Waals surface area contributed by atoms with Crippen LogP contribution in [0, 0.1) is 0 Å². The Hall–Kier alpha value is -0.610. The maximum Gasteiger partial charge on any atom is 0.305 e. The molecule has 0 aromatic heterocycles. The minimum Gasteiger partial charge on any atom is -0.469 e. The first-order valence-electron chi connectivity index (χ1n) is 3.30. The number of ether oxygens (including phenoxy) is 2. The highest BCUT2D eigenvalue weighted by Crippen LogP contribution is 2.00. The molecule has 1 unspecified atom stereocenters. The van der Waals surface area contributed by atoms with Crippen molar-refractivity contribution in [2.45, 2.75) is 25.9 Å². The molecule has 11 heavy (non-hydrogen) atoms. The highest BCUT2D eigenvalue weighted by Gasteiger charge is 2.04. The van der Waals surface area contributed by atoms with Crippen molar-refractivity contribution in [3.05, 3.63) is 0 Å². The van der Waals surface area contributed by atoms with Gasteiger partial charge in [0.15, 0.2) is 0 Å². The van der Waals surface area contributed by atoms with Gasteiger partial charge in [0.1, 0.15) is 0 Å². The van der Waals surface area contributed by atoms with E-state index in [0.29, 0.717) is 6.42 Å². The molecular weight excluding hydrogens is 146 g/mol. The molecule has 68 valence electrons. The Bertz CT molecular complexity index is 106. The molecule has 0 aliphatic rings. The zero-order valence-corrected chi connectivity index (χ0v) is 7.42. The van der Waals surface area contributed by atoms with Crippen molar-refractivity contribution in [1.82, 2.24) is 6.15 Å². The van der Waals surface area contributed by atoms with Crippen molar-refractivity contribution in [2.75, 3.05) is 14.2 Å². The summed E-state index contributed by atoms with van der Waals surface area (Å²) in [6.07, 6.45) is 1.30. The second-order valence-electron chi connectivity index (χ2n) is 2.16. The first kappa shape index (κ1) is 13.0.